The molecule has 2 rings (SSSR count). The zero-order chi connectivity index (χ0) is 12.3. The zero-order valence-electron chi connectivity index (χ0n) is 9.86. The molecule has 0 aliphatic carbocycles. The van der Waals surface area contributed by atoms with Crippen molar-refractivity contribution in [2.45, 2.75) is 25.9 Å². The summed E-state index contributed by atoms with van der Waals surface area (Å²) >= 11 is 0. The number of terminal acetylenes is 1. The van der Waals surface area contributed by atoms with Gasteiger partial charge in [0.25, 0.3) is 0 Å². The second-order valence-corrected chi connectivity index (χ2v) is 4.02. The van der Waals surface area contributed by atoms with E-state index >= 15 is 0 Å². The molecule has 1 aliphatic rings. The smallest absolute Gasteiger partial charge is 0.240 e. The molecule has 1 unspecified atom stereocenters. The topological polar surface area (TPSA) is 61.0 Å². The molecule has 0 saturated carbocycles. The van der Waals surface area contributed by atoms with Gasteiger partial charge in [0.1, 0.15) is 0 Å². The monoisotopic (exact) mass is 232 g/mol. The van der Waals surface area contributed by atoms with Gasteiger partial charge in [-0.1, -0.05) is 5.92 Å². The normalized spacial score (nSPS) is 18.2. The molecule has 1 amide bonds. The summed E-state index contributed by atoms with van der Waals surface area (Å²) in [5.41, 5.74) is 2.04. The first kappa shape index (κ1) is 11.7. The summed E-state index contributed by atoms with van der Waals surface area (Å²) in [6, 6.07) is -0.209. The van der Waals surface area contributed by atoms with Crippen molar-refractivity contribution in [1.29, 1.82) is 0 Å². The van der Waals surface area contributed by atoms with Crippen LogP contribution in [0, 0.1) is 12.3 Å². The molecule has 1 aromatic rings. The highest BCUT2D eigenvalue weighted by Gasteiger charge is 2.28. The maximum atomic E-state index is 12.2. The Bertz CT molecular complexity index is 446. The van der Waals surface area contributed by atoms with Gasteiger partial charge in [0.2, 0.25) is 5.91 Å². The molecule has 0 aromatic carbocycles. The van der Waals surface area contributed by atoms with Crippen molar-refractivity contribution in [2.24, 2.45) is 0 Å². The molecule has 0 radical (unpaired) electrons. The Balaban J connectivity index is 2.05. The van der Waals surface area contributed by atoms with E-state index < -0.39 is 0 Å². The number of carbonyl (C=O) groups is 1. The van der Waals surface area contributed by atoms with Crippen LogP contribution in [0.3, 0.4) is 0 Å². The lowest BCUT2D eigenvalue weighted by molar-refractivity contribution is -0.132. The quantitative estimate of drug-likeness (QED) is 0.716. The predicted molar refractivity (Wildman–Crippen MR) is 64.0 cm³/mol. The minimum Gasteiger partial charge on any atom is -0.347 e. The number of hydrogen-bond donors (Lipinski definition) is 2. The minimum atomic E-state index is -0.209. The third-order valence-electron chi connectivity index (χ3n) is 3.00. The number of aromatic nitrogens is 2. The Hall–Kier alpha value is -1.80. The average molecular weight is 232 g/mol. The first-order chi connectivity index (χ1) is 8.26. The number of imidazole rings is 1. The maximum absolute atomic E-state index is 12.2. The summed E-state index contributed by atoms with van der Waals surface area (Å²) in [7, 11) is 0. The molecular weight excluding hydrogens is 216 g/mol. The average Bonchev–Trinajstić information content (AvgIpc) is 2.82. The summed E-state index contributed by atoms with van der Waals surface area (Å²) in [6.07, 6.45) is 7.54. The van der Waals surface area contributed by atoms with E-state index in [1.807, 2.05) is 6.92 Å². The number of H-pyrrole nitrogens is 1. The van der Waals surface area contributed by atoms with Crippen LogP contribution in [0.2, 0.25) is 0 Å². The summed E-state index contributed by atoms with van der Waals surface area (Å²) in [6.45, 7) is 3.58. The van der Waals surface area contributed by atoms with Crippen LogP contribution in [0.15, 0.2) is 6.33 Å². The number of aromatic amines is 1. The van der Waals surface area contributed by atoms with Gasteiger partial charge in [-0.05, 0) is 6.92 Å². The molecule has 1 aliphatic heterocycles. The number of fused-ring (bicyclic) bond motifs is 1. The highest BCUT2D eigenvalue weighted by Crippen LogP contribution is 2.13. The van der Waals surface area contributed by atoms with Crippen molar-refractivity contribution in [3.8, 4) is 12.3 Å². The number of rotatable bonds is 3. The zero-order valence-corrected chi connectivity index (χ0v) is 9.86. The predicted octanol–water partition coefficient (Wildman–Crippen LogP) is -0.0943. The van der Waals surface area contributed by atoms with E-state index in [0.29, 0.717) is 26.1 Å². The first-order valence-electron chi connectivity index (χ1n) is 5.73. The number of hydrogen-bond acceptors (Lipinski definition) is 3. The summed E-state index contributed by atoms with van der Waals surface area (Å²) < 4.78 is 0. The molecule has 2 N–H and O–H groups in total. The standard InChI is InChI=1S/C12H16N4O/c1-3-5-16(4-2)12(17)10-6-9-11(7-13-10)15-8-14-9/h1,8,10,13H,4-7H2,2H3,(H,14,15). The fourth-order valence-corrected chi connectivity index (χ4v) is 2.02. The Morgan fingerprint density at radius 2 is 2.59 bits per heavy atom. The molecule has 90 valence electrons. The number of likely N-dealkylation sites (N-methyl/N-ethyl adjacent to an activating group) is 1. The van der Waals surface area contributed by atoms with Crippen molar-refractivity contribution >= 4 is 5.91 Å². The van der Waals surface area contributed by atoms with Gasteiger partial charge in [0, 0.05) is 19.5 Å². The van der Waals surface area contributed by atoms with Crippen molar-refractivity contribution in [1.82, 2.24) is 20.2 Å². The fourth-order valence-electron chi connectivity index (χ4n) is 2.02. The maximum Gasteiger partial charge on any atom is 0.240 e. The molecule has 1 aromatic heterocycles. The fraction of sp³-hybridized carbons (Fsp3) is 0.500. The van der Waals surface area contributed by atoms with Gasteiger partial charge in [0.05, 0.1) is 30.3 Å². The van der Waals surface area contributed by atoms with Gasteiger partial charge < -0.3 is 9.88 Å². The molecule has 0 bridgehead atoms. The van der Waals surface area contributed by atoms with Gasteiger partial charge >= 0.3 is 0 Å². The van der Waals surface area contributed by atoms with Crippen LogP contribution >= 0.6 is 0 Å². The Kier molecular flexibility index (Phi) is 3.45. The van der Waals surface area contributed by atoms with E-state index in [4.69, 9.17) is 6.42 Å². The van der Waals surface area contributed by atoms with E-state index in [-0.39, 0.29) is 11.9 Å². The highest BCUT2D eigenvalue weighted by atomic mass is 16.2. The Labute approximate surface area is 101 Å². The van der Waals surface area contributed by atoms with Crippen LogP contribution in [0.5, 0.6) is 0 Å². The molecular formula is C12H16N4O. The lowest BCUT2D eigenvalue weighted by atomic mass is 10.0. The summed E-state index contributed by atoms with van der Waals surface area (Å²) in [5, 5.41) is 3.20. The Morgan fingerprint density at radius 1 is 1.76 bits per heavy atom. The van der Waals surface area contributed by atoms with Crippen LogP contribution in [0.25, 0.3) is 0 Å². The number of carbonyl (C=O) groups excluding carboxylic acids is 1. The van der Waals surface area contributed by atoms with E-state index in [9.17, 15) is 4.79 Å². The molecule has 0 saturated heterocycles. The SMILES string of the molecule is C#CCN(CC)C(=O)C1Cc2nc[nH]c2CN1. The summed E-state index contributed by atoms with van der Waals surface area (Å²) in [4.78, 5) is 21.1. The van der Waals surface area contributed by atoms with E-state index in [2.05, 4.69) is 21.2 Å². The largest absolute Gasteiger partial charge is 0.347 e. The molecule has 2 heterocycles. The Morgan fingerprint density at radius 3 is 3.29 bits per heavy atom. The van der Waals surface area contributed by atoms with E-state index in [1.54, 1.807) is 11.2 Å². The molecule has 5 nitrogen and oxygen atoms in total. The van der Waals surface area contributed by atoms with Crippen LogP contribution < -0.4 is 5.32 Å². The van der Waals surface area contributed by atoms with E-state index in [0.717, 1.165) is 11.4 Å². The van der Waals surface area contributed by atoms with Gasteiger partial charge in [-0.25, -0.2) is 4.98 Å². The van der Waals surface area contributed by atoms with Crippen LogP contribution in [-0.4, -0.2) is 39.9 Å². The highest BCUT2D eigenvalue weighted by molar-refractivity contribution is 5.82. The lowest BCUT2D eigenvalue weighted by Gasteiger charge is -2.27. The molecule has 5 heteroatoms. The van der Waals surface area contributed by atoms with Crippen molar-refractivity contribution in [3.63, 3.8) is 0 Å². The third kappa shape index (κ3) is 2.32. The first-order valence-corrected chi connectivity index (χ1v) is 5.73. The summed E-state index contributed by atoms with van der Waals surface area (Å²) in [5.74, 6) is 2.56. The van der Waals surface area contributed by atoms with Gasteiger partial charge in [-0.3, -0.25) is 10.1 Å². The van der Waals surface area contributed by atoms with Gasteiger partial charge in [0.15, 0.2) is 0 Å². The van der Waals surface area contributed by atoms with Crippen LogP contribution in [-0.2, 0) is 17.8 Å². The number of amides is 1. The van der Waals surface area contributed by atoms with Crippen molar-refractivity contribution in [2.75, 3.05) is 13.1 Å². The number of nitrogens with one attached hydrogen (secondary N) is 2. The van der Waals surface area contributed by atoms with Crippen LogP contribution in [0.1, 0.15) is 18.3 Å². The third-order valence-corrected chi connectivity index (χ3v) is 3.00. The lowest BCUT2D eigenvalue weighted by Crippen LogP contribution is -2.49. The minimum absolute atomic E-state index is 0.0547. The van der Waals surface area contributed by atoms with Gasteiger partial charge in [-0.2, -0.15) is 0 Å². The molecule has 0 fully saturated rings. The second kappa shape index (κ2) is 5.02. The second-order valence-electron chi connectivity index (χ2n) is 4.02. The van der Waals surface area contributed by atoms with Gasteiger partial charge in [-0.15, -0.1) is 6.42 Å². The van der Waals surface area contributed by atoms with E-state index in [1.165, 1.54) is 0 Å². The van der Waals surface area contributed by atoms with Crippen molar-refractivity contribution < 1.29 is 4.79 Å². The number of nitrogens with zero attached hydrogens (tertiary/aromatic N) is 2. The molecule has 0 spiro atoms. The van der Waals surface area contributed by atoms with Crippen molar-refractivity contribution in [3.05, 3.63) is 17.7 Å². The van der Waals surface area contributed by atoms with Crippen LogP contribution in [0.4, 0.5) is 0 Å². The molecule has 17 heavy (non-hydrogen) atoms. The molecule has 1 atom stereocenters.